The van der Waals surface area contributed by atoms with Gasteiger partial charge in [0.1, 0.15) is 4.47 Å². The third-order valence-electron chi connectivity index (χ3n) is 2.18. The van der Waals surface area contributed by atoms with E-state index in [0.717, 1.165) is 0 Å². The second kappa shape index (κ2) is 7.89. The Bertz CT molecular complexity index is 496. The molecule has 20 heavy (non-hydrogen) atoms. The van der Waals surface area contributed by atoms with Gasteiger partial charge in [-0.25, -0.2) is 4.68 Å². The highest BCUT2D eigenvalue weighted by atomic mass is 79.9. The van der Waals surface area contributed by atoms with Gasteiger partial charge in [0.05, 0.1) is 25.0 Å². The maximum atomic E-state index is 11.9. The first kappa shape index (κ1) is 17.3. The van der Waals surface area contributed by atoms with E-state index in [0.29, 0.717) is 18.8 Å². The average Bonchev–Trinajstić information content (AvgIpc) is 2.37. The number of ether oxygens (including phenoxy) is 1. The molecule has 0 bridgehead atoms. The molecule has 0 spiro atoms. The van der Waals surface area contributed by atoms with Gasteiger partial charge in [-0.05, 0) is 27.7 Å². The molecule has 5 nitrogen and oxygen atoms in total. The van der Waals surface area contributed by atoms with Crippen molar-refractivity contribution in [2.75, 3.05) is 31.3 Å². The Balaban J connectivity index is 2.59. The molecule has 1 N–H and O–H groups in total. The fourth-order valence-electron chi connectivity index (χ4n) is 1.28. The molecule has 114 valence electrons. The molecule has 0 amide bonds. The standard InChI is InChI=1S/C10H13BrF3N3O2S/c1-19-4-3-17-9(18)8(11)7(6-16-17)15-2-5-20-10(12,13)14/h6,15H,2-5H2,1H3. The summed E-state index contributed by atoms with van der Waals surface area (Å²) in [4.78, 5) is 11.9. The third-order valence-corrected chi connectivity index (χ3v) is 3.68. The molecule has 0 saturated carbocycles. The van der Waals surface area contributed by atoms with Gasteiger partial charge in [-0.3, -0.25) is 4.79 Å². The summed E-state index contributed by atoms with van der Waals surface area (Å²) in [7, 11) is 1.51. The lowest BCUT2D eigenvalue weighted by molar-refractivity contribution is -0.0327. The second-order valence-electron chi connectivity index (χ2n) is 3.61. The Morgan fingerprint density at radius 2 is 2.25 bits per heavy atom. The van der Waals surface area contributed by atoms with Crippen molar-refractivity contribution in [3.05, 3.63) is 21.0 Å². The van der Waals surface area contributed by atoms with Crippen LogP contribution in [0.2, 0.25) is 0 Å². The Kier molecular flexibility index (Phi) is 6.83. The molecule has 0 unspecified atom stereocenters. The first-order valence-corrected chi connectivity index (χ1v) is 7.32. The van der Waals surface area contributed by atoms with E-state index in [1.54, 1.807) is 0 Å². The van der Waals surface area contributed by atoms with Gasteiger partial charge in [0.25, 0.3) is 5.56 Å². The van der Waals surface area contributed by atoms with Crippen molar-refractivity contribution in [2.45, 2.75) is 12.1 Å². The molecule has 0 aliphatic rings. The zero-order valence-corrected chi connectivity index (χ0v) is 12.9. The summed E-state index contributed by atoms with van der Waals surface area (Å²) < 4.78 is 42.1. The number of anilines is 1. The minimum Gasteiger partial charge on any atom is -0.383 e. The fourth-order valence-corrected chi connectivity index (χ4v) is 2.16. The maximum Gasteiger partial charge on any atom is 0.441 e. The van der Waals surface area contributed by atoms with Crippen molar-refractivity contribution < 1.29 is 17.9 Å². The Morgan fingerprint density at radius 3 is 2.85 bits per heavy atom. The van der Waals surface area contributed by atoms with Crippen LogP contribution in [0.5, 0.6) is 0 Å². The van der Waals surface area contributed by atoms with Crippen LogP contribution in [0.15, 0.2) is 15.5 Å². The van der Waals surface area contributed by atoms with Crippen molar-refractivity contribution in [3.8, 4) is 0 Å². The molecule has 0 saturated heterocycles. The minimum atomic E-state index is -4.25. The van der Waals surface area contributed by atoms with E-state index in [1.807, 2.05) is 0 Å². The molecule has 0 aliphatic heterocycles. The van der Waals surface area contributed by atoms with Crippen LogP contribution in [0.4, 0.5) is 18.9 Å². The van der Waals surface area contributed by atoms with Crippen LogP contribution in [0, 0.1) is 0 Å². The SMILES string of the molecule is COCCn1ncc(NCCSC(F)(F)F)c(Br)c1=O. The Labute approximate surface area is 126 Å². The number of halogens is 4. The highest BCUT2D eigenvalue weighted by molar-refractivity contribution is 9.10. The fraction of sp³-hybridized carbons (Fsp3) is 0.600. The highest BCUT2D eigenvalue weighted by Gasteiger charge is 2.27. The van der Waals surface area contributed by atoms with Crippen molar-refractivity contribution in [1.29, 1.82) is 0 Å². The van der Waals surface area contributed by atoms with Crippen LogP contribution in [0.25, 0.3) is 0 Å². The number of nitrogens with one attached hydrogen (secondary N) is 1. The summed E-state index contributed by atoms with van der Waals surface area (Å²) in [6, 6.07) is 0. The molecule has 10 heteroatoms. The Morgan fingerprint density at radius 1 is 1.55 bits per heavy atom. The van der Waals surface area contributed by atoms with Crippen molar-refractivity contribution >= 4 is 33.4 Å². The third kappa shape index (κ3) is 5.71. The number of methoxy groups -OCH3 is 1. The summed E-state index contributed by atoms with van der Waals surface area (Å²) in [5.74, 6) is -0.150. The summed E-state index contributed by atoms with van der Waals surface area (Å²) in [5.41, 5.74) is -4.25. The van der Waals surface area contributed by atoms with Gasteiger partial charge < -0.3 is 10.1 Å². The van der Waals surface area contributed by atoms with Crippen molar-refractivity contribution in [2.24, 2.45) is 0 Å². The van der Waals surface area contributed by atoms with Gasteiger partial charge in [0.15, 0.2) is 0 Å². The van der Waals surface area contributed by atoms with Crippen LogP contribution in [-0.2, 0) is 11.3 Å². The van der Waals surface area contributed by atoms with Crippen LogP contribution < -0.4 is 10.9 Å². The molecule has 0 radical (unpaired) electrons. The summed E-state index contributed by atoms with van der Waals surface area (Å²) in [6.45, 7) is 0.721. The molecule has 1 aromatic heterocycles. The smallest absolute Gasteiger partial charge is 0.383 e. The van der Waals surface area contributed by atoms with E-state index < -0.39 is 5.51 Å². The van der Waals surface area contributed by atoms with Crippen LogP contribution in [-0.4, -0.2) is 41.3 Å². The molecular weight excluding hydrogens is 363 g/mol. The molecule has 1 rings (SSSR count). The number of alkyl halides is 3. The van der Waals surface area contributed by atoms with Gasteiger partial charge in [0.2, 0.25) is 0 Å². The summed E-state index contributed by atoms with van der Waals surface area (Å²) in [5, 5.41) is 6.64. The van der Waals surface area contributed by atoms with E-state index in [1.165, 1.54) is 18.0 Å². The minimum absolute atomic E-state index is 0.0754. The van der Waals surface area contributed by atoms with Gasteiger partial charge in [0, 0.05) is 19.4 Å². The lowest BCUT2D eigenvalue weighted by atomic mass is 10.4. The van der Waals surface area contributed by atoms with Gasteiger partial charge in [-0.15, -0.1) is 0 Å². The molecule has 1 aromatic rings. The number of thioether (sulfide) groups is 1. The summed E-state index contributed by atoms with van der Waals surface area (Å²) >= 11 is 2.99. The molecule has 0 fully saturated rings. The van der Waals surface area contributed by atoms with Crippen LogP contribution in [0.1, 0.15) is 0 Å². The topological polar surface area (TPSA) is 56.1 Å². The van der Waals surface area contributed by atoms with E-state index in [2.05, 4.69) is 26.3 Å². The number of aromatic nitrogens is 2. The monoisotopic (exact) mass is 375 g/mol. The maximum absolute atomic E-state index is 11.9. The largest absolute Gasteiger partial charge is 0.441 e. The zero-order valence-electron chi connectivity index (χ0n) is 10.5. The van der Waals surface area contributed by atoms with Crippen LogP contribution >= 0.6 is 27.7 Å². The first-order chi connectivity index (χ1) is 9.35. The normalized spacial score (nSPS) is 11.7. The molecular formula is C10H13BrF3N3O2S. The second-order valence-corrected chi connectivity index (χ2v) is 5.57. The van der Waals surface area contributed by atoms with Crippen molar-refractivity contribution in [1.82, 2.24) is 9.78 Å². The quantitative estimate of drug-likeness (QED) is 0.741. The number of rotatable bonds is 7. The number of nitrogens with zero attached hydrogens (tertiary/aromatic N) is 2. The molecule has 0 aromatic carbocycles. The van der Waals surface area contributed by atoms with Gasteiger partial charge >= 0.3 is 5.51 Å². The average molecular weight is 376 g/mol. The Hall–Kier alpha value is -0.740. The predicted molar refractivity (Wildman–Crippen MR) is 75.1 cm³/mol. The molecule has 0 atom stereocenters. The number of hydrogen-bond donors (Lipinski definition) is 1. The van der Waals surface area contributed by atoms with Crippen LogP contribution in [0.3, 0.4) is 0 Å². The lowest BCUT2D eigenvalue weighted by Gasteiger charge is -2.10. The lowest BCUT2D eigenvalue weighted by Crippen LogP contribution is -2.26. The van der Waals surface area contributed by atoms with E-state index in [4.69, 9.17) is 4.74 Å². The van der Waals surface area contributed by atoms with Crippen molar-refractivity contribution in [3.63, 3.8) is 0 Å². The van der Waals surface area contributed by atoms with E-state index in [9.17, 15) is 18.0 Å². The first-order valence-electron chi connectivity index (χ1n) is 5.54. The highest BCUT2D eigenvalue weighted by Crippen LogP contribution is 2.29. The van der Waals surface area contributed by atoms with Gasteiger partial charge in [-0.2, -0.15) is 18.3 Å². The zero-order chi connectivity index (χ0) is 15.2. The summed E-state index contributed by atoms with van der Waals surface area (Å²) in [6.07, 6.45) is 1.39. The number of hydrogen-bond acceptors (Lipinski definition) is 5. The van der Waals surface area contributed by atoms with E-state index in [-0.39, 0.29) is 34.1 Å². The molecule has 1 heterocycles. The predicted octanol–water partition coefficient (Wildman–Crippen LogP) is 2.32. The van der Waals surface area contributed by atoms with Gasteiger partial charge in [-0.1, -0.05) is 0 Å². The molecule has 0 aliphatic carbocycles. The van der Waals surface area contributed by atoms with E-state index >= 15 is 0 Å².